The molecule has 2 aromatic rings. The third-order valence-corrected chi connectivity index (χ3v) is 3.04. The van der Waals surface area contributed by atoms with Gasteiger partial charge in [-0.2, -0.15) is 0 Å². The number of hydrogen-bond donors (Lipinski definition) is 3. The summed E-state index contributed by atoms with van der Waals surface area (Å²) in [5.41, 5.74) is 0.0822. The van der Waals surface area contributed by atoms with Crippen molar-refractivity contribution in [2.45, 2.75) is 0 Å². The lowest BCUT2D eigenvalue weighted by atomic mass is 10.2. The minimum Gasteiger partial charge on any atom is -0.504 e. The molecule has 6 nitrogen and oxygen atoms in total. The number of rotatable bonds is 5. The van der Waals surface area contributed by atoms with Crippen molar-refractivity contribution < 1.29 is 29.6 Å². The van der Waals surface area contributed by atoms with Gasteiger partial charge in [0.15, 0.2) is 11.5 Å². The Morgan fingerprint density at radius 2 is 1.78 bits per heavy atom. The summed E-state index contributed by atoms with van der Waals surface area (Å²) in [6.45, 7) is 0. The van der Waals surface area contributed by atoms with Crippen LogP contribution >= 0.6 is 11.6 Å². The van der Waals surface area contributed by atoms with Crippen molar-refractivity contribution in [1.82, 2.24) is 0 Å². The molecule has 0 saturated carbocycles. The number of carboxylic acids is 2. The smallest absolute Gasteiger partial charge is 0.371 e. The van der Waals surface area contributed by atoms with Crippen molar-refractivity contribution in [3.63, 3.8) is 0 Å². The lowest BCUT2D eigenvalue weighted by molar-refractivity contribution is -0.134. The molecule has 3 N–H and O–H groups in total. The number of carboxylic acid groups (broad SMARTS) is 2. The first kappa shape index (κ1) is 16.4. The zero-order valence-electron chi connectivity index (χ0n) is 11.6. The second kappa shape index (κ2) is 6.85. The fourth-order valence-corrected chi connectivity index (χ4v) is 1.98. The van der Waals surface area contributed by atoms with Gasteiger partial charge < -0.3 is 20.1 Å². The van der Waals surface area contributed by atoms with E-state index in [4.69, 9.17) is 21.4 Å². The fraction of sp³-hybridized carbons (Fsp3) is 0. The van der Waals surface area contributed by atoms with Crippen LogP contribution in [0.25, 0.3) is 6.08 Å². The van der Waals surface area contributed by atoms with Gasteiger partial charge in [0.05, 0.1) is 0 Å². The van der Waals surface area contributed by atoms with Gasteiger partial charge in [0.2, 0.25) is 5.76 Å². The topological polar surface area (TPSA) is 104 Å². The van der Waals surface area contributed by atoms with Gasteiger partial charge >= 0.3 is 11.9 Å². The van der Waals surface area contributed by atoms with Gasteiger partial charge in [-0.05, 0) is 35.9 Å². The van der Waals surface area contributed by atoms with E-state index in [1.807, 2.05) is 0 Å². The number of benzene rings is 2. The average molecular weight is 335 g/mol. The van der Waals surface area contributed by atoms with Gasteiger partial charge in [-0.1, -0.05) is 29.8 Å². The fourth-order valence-electron chi connectivity index (χ4n) is 1.78. The molecule has 0 radical (unpaired) electrons. The largest absolute Gasteiger partial charge is 0.504 e. The Labute approximate surface area is 135 Å². The van der Waals surface area contributed by atoms with Crippen LogP contribution in [0.15, 0.2) is 48.2 Å². The normalized spacial score (nSPS) is 11.1. The molecule has 7 heteroatoms. The van der Waals surface area contributed by atoms with E-state index < -0.39 is 29.0 Å². The predicted octanol–water partition coefficient (Wildman–Crippen LogP) is 3.25. The van der Waals surface area contributed by atoms with Gasteiger partial charge in [0.25, 0.3) is 0 Å². The number of aromatic carboxylic acids is 1. The standard InChI is InChI=1S/C16H11ClO6/c17-10-4-1-3-9(7-10)8-13(16(21)22)23-12-6-2-5-11(14(12)18)15(19)20/h1-8,18H,(H,19,20)(H,21,22)/b13-8-. The first-order valence-corrected chi connectivity index (χ1v) is 6.70. The summed E-state index contributed by atoms with van der Waals surface area (Å²) in [4.78, 5) is 22.3. The zero-order chi connectivity index (χ0) is 17.0. The Morgan fingerprint density at radius 1 is 1.09 bits per heavy atom. The summed E-state index contributed by atoms with van der Waals surface area (Å²) in [5.74, 6) is -4.17. The maximum Gasteiger partial charge on any atom is 0.371 e. The van der Waals surface area contributed by atoms with Crippen molar-refractivity contribution >= 4 is 29.6 Å². The van der Waals surface area contributed by atoms with Crippen LogP contribution in [-0.4, -0.2) is 27.3 Å². The summed E-state index contributed by atoms with van der Waals surface area (Å²) in [6.07, 6.45) is 1.21. The molecular weight excluding hydrogens is 324 g/mol. The molecule has 2 rings (SSSR count). The van der Waals surface area contributed by atoms with Gasteiger partial charge in [0.1, 0.15) is 5.56 Å². The highest BCUT2D eigenvalue weighted by Crippen LogP contribution is 2.31. The molecule has 0 saturated heterocycles. The molecule has 0 amide bonds. The van der Waals surface area contributed by atoms with E-state index in [1.54, 1.807) is 18.2 Å². The first-order chi connectivity index (χ1) is 10.9. The van der Waals surface area contributed by atoms with Crippen LogP contribution in [0.3, 0.4) is 0 Å². The molecule has 0 atom stereocenters. The molecule has 2 aromatic carbocycles. The SMILES string of the molecule is O=C(O)/C(=C/c1cccc(Cl)c1)Oc1cccc(C(=O)O)c1O. The Balaban J connectivity index is 2.40. The number of hydrogen-bond acceptors (Lipinski definition) is 4. The highest BCUT2D eigenvalue weighted by molar-refractivity contribution is 6.30. The molecule has 0 spiro atoms. The number of aromatic hydroxyl groups is 1. The van der Waals surface area contributed by atoms with E-state index in [1.165, 1.54) is 30.3 Å². The lowest BCUT2D eigenvalue weighted by Crippen LogP contribution is -2.08. The molecule has 0 heterocycles. The highest BCUT2D eigenvalue weighted by atomic mass is 35.5. The third kappa shape index (κ3) is 4.02. The van der Waals surface area contributed by atoms with Gasteiger partial charge in [-0.3, -0.25) is 0 Å². The van der Waals surface area contributed by atoms with Gasteiger partial charge in [-0.15, -0.1) is 0 Å². The Kier molecular flexibility index (Phi) is 4.88. The molecular formula is C16H11ClO6. The molecule has 23 heavy (non-hydrogen) atoms. The second-order valence-electron chi connectivity index (χ2n) is 4.43. The summed E-state index contributed by atoms with van der Waals surface area (Å²) in [5, 5.41) is 28.4. The Morgan fingerprint density at radius 3 is 2.39 bits per heavy atom. The summed E-state index contributed by atoms with van der Waals surface area (Å²) >= 11 is 5.83. The van der Waals surface area contributed by atoms with E-state index in [9.17, 15) is 19.8 Å². The average Bonchev–Trinajstić information content (AvgIpc) is 2.48. The van der Waals surface area contributed by atoms with Gasteiger partial charge in [-0.25, -0.2) is 9.59 Å². The number of aliphatic carboxylic acids is 1. The second-order valence-corrected chi connectivity index (χ2v) is 4.86. The Bertz CT molecular complexity index is 797. The molecule has 0 aliphatic carbocycles. The third-order valence-electron chi connectivity index (χ3n) is 2.81. The highest BCUT2D eigenvalue weighted by Gasteiger charge is 2.18. The predicted molar refractivity (Wildman–Crippen MR) is 82.8 cm³/mol. The molecule has 0 aromatic heterocycles. The van der Waals surface area contributed by atoms with E-state index in [0.717, 1.165) is 0 Å². The van der Waals surface area contributed by atoms with Gasteiger partial charge in [0, 0.05) is 5.02 Å². The van der Waals surface area contributed by atoms with Crippen molar-refractivity contribution in [2.75, 3.05) is 0 Å². The van der Waals surface area contributed by atoms with Crippen molar-refractivity contribution in [3.8, 4) is 11.5 Å². The van der Waals surface area contributed by atoms with E-state index in [0.29, 0.717) is 10.6 Å². The minimum absolute atomic E-state index is 0.277. The van der Waals surface area contributed by atoms with Crippen LogP contribution in [0.5, 0.6) is 11.5 Å². The maximum absolute atomic E-state index is 11.3. The van der Waals surface area contributed by atoms with E-state index >= 15 is 0 Å². The number of phenols is 1. The van der Waals surface area contributed by atoms with Crippen LogP contribution in [0.2, 0.25) is 5.02 Å². The maximum atomic E-state index is 11.3. The van der Waals surface area contributed by atoms with Crippen LogP contribution in [0.4, 0.5) is 0 Å². The summed E-state index contributed by atoms with van der Waals surface area (Å²) in [6, 6.07) is 10.2. The molecule has 0 unspecified atom stereocenters. The zero-order valence-corrected chi connectivity index (χ0v) is 12.3. The number of carbonyl (C=O) groups is 2. The van der Waals surface area contributed by atoms with Crippen molar-refractivity contribution in [1.29, 1.82) is 0 Å². The number of ether oxygens (including phenoxy) is 1. The van der Waals surface area contributed by atoms with Crippen molar-refractivity contribution in [3.05, 3.63) is 64.4 Å². The monoisotopic (exact) mass is 334 g/mol. The Hall–Kier alpha value is -2.99. The van der Waals surface area contributed by atoms with Crippen LogP contribution in [-0.2, 0) is 4.79 Å². The minimum atomic E-state index is -1.38. The van der Waals surface area contributed by atoms with Crippen LogP contribution in [0.1, 0.15) is 15.9 Å². The quantitative estimate of drug-likeness (QED) is 0.572. The number of halogens is 1. The summed E-state index contributed by atoms with van der Waals surface area (Å²) in [7, 11) is 0. The van der Waals surface area contributed by atoms with Crippen molar-refractivity contribution in [2.24, 2.45) is 0 Å². The molecule has 118 valence electrons. The van der Waals surface area contributed by atoms with E-state index in [-0.39, 0.29) is 5.75 Å². The molecule has 0 aliphatic rings. The first-order valence-electron chi connectivity index (χ1n) is 6.32. The molecule has 0 aliphatic heterocycles. The molecule has 0 fully saturated rings. The lowest BCUT2D eigenvalue weighted by Gasteiger charge is -2.09. The van der Waals surface area contributed by atoms with Crippen LogP contribution in [0, 0.1) is 0 Å². The van der Waals surface area contributed by atoms with E-state index in [2.05, 4.69) is 0 Å². The van der Waals surface area contributed by atoms with Crippen LogP contribution < -0.4 is 4.74 Å². The number of para-hydroxylation sites is 1. The molecule has 0 bridgehead atoms. The summed E-state index contributed by atoms with van der Waals surface area (Å²) < 4.78 is 5.15.